The van der Waals surface area contributed by atoms with Crippen molar-refractivity contribution in [2.45, 2.75) is 32.7 Å². The van der Waals surface area contributed by atoms with Crippen molar-refractivity contribution in [2.75, 3.05) is 37.4 Å². The minimum atomic E-state index is -0.454. The summed E-state index contributed by atoms with van der Waals surface area (Å²) in [5.41, 5.74) is 5.66. The Bertz CT molecular complexity index is 767. The summed E-state index contributed by atoms with van der Waals surface area (Å²) in [5, 5.41) is 2.03. The van der Waals surface area contributed by atoms with Crippen LogP contribution in [0.2, 0.25) is 0 Å². The van der Waals surface area contributed by atoms with Crippen molar-refractivity contribution in [1.82, 2.24) is 9.55 Å². The molecule has 2 aromatic heterocycles. The molecule has 0 saturated heterocycles. The summed E-state index contributed by atoms with van der Waals surface area (Å²) in [7, 11) is 1.62. The minimum absolute atomic E-state index is 0.226. The Kier molecular flexibility index (Phi) is 7.27. The van der Waals surface area contributed by atoms with Gasteiger partial charge in [-0.25, -0.2) is 4.79 Å². The van der Waals surface area contributed by atoms with Crippen molar-refractivity contribution in [3.8, 4) is 0 Å². The molecule has 0 spiro atoms. The van der Waals surface area contributed by atoms with E-state index in [4.69, 9.17) is 10.5 Å². The maximum absolute atomic E-state index is 12.4. The first-order chi connectivity index (χ1) is 12.1. The number of hydrogen-bond donors (Lipinski definition) is 2. The fourth-order valence-electron chi connectivity index (χ4n) is 2.66. The maximum Gasteiger partial charge on any atom is 0.330 e. The molecule has 0 atom stereocenters. The first-order valence-electron chi connectivity index (χ1n) is 8.47. The summed E-state index contributed by atoms with van der Waals surface area (Å²) in [6.07, 6.45) is 2.56. The number of methoxy groups -OCH3 is 1. The first kappa shape index (κ1) is 19.3. The average molecular weight is 366 g/mol. The third-order valence-corrected chi connectivity index (χ3v) is 4.98. The second-order valence-electron chi connectivity index (χ2n) is 5.81. The standard InChI is InChI=1S/C17H26N4O3S/c1-3-4-8-21-15(18)14(16(22)19-17(21)23)20(10-11-24-2)9-7-13-6-5-12-25-13/h5-6,12H,3-4,7-11,18H2,1-2H3,(H,19,22,23). The van der Waals surface area contributed by atoms with E-state index in [1.807, 2.05) is 23.3 Å². The van der Waals surface area contributed by atoms with Crippen molar-refractivity contribution in [1.29, 1.82) is 0 Å². The van der Waals surface area contributed by atoms with Crippen LogP contribution in [0.5, 0.6) is 0 Å². The van der Waals surface area contributed by atoms with Crippen LogP contribution in [0.15, 0.2) is 27.1 Å². The molecule has 2 aromatic rings. The number of nitrogen functional groups attached to an aromatic ring is 1. The van der Waals surface area contributed by atoms with Gasteiger partial charge in [-0.2, -0.15) is 0 Å². The van der Waals surface area contributed by atoms with E-state index in [0.29, 0.717) is 31.9 Å². The summed E-state index contributed by atoms with van der Waals surface area (Å²) in [6, 6.07) is 4.07. The normalized spacial score (nSPS) is 11.0. The number of nitrogens with one attached hydrogen (secondary N) is 1. The summed E-state index contributed by atoms with van der Waals surface area (Å²) >= 11 is 1.68. The van der Waals surface area contributed by atoms with E-state index in [1.165, 1.54) is 9.44 Å². The van der Waals surface area contributed by atoms with Gasteiger partial charge in [-0.15, -0.1) is 11.3 Å². The number of unbranched alkanes of at least 4 members (excludes halogenated alkanes) is 1. The second kappa shape index (κ2) is 9.43. The van der Waals surface area contributed by atoms with Gasteiger partial charge >= 0.3 is 5.69 Å². The van der Waals surface area contributed by atoms with Gasteiger partial charge in [0.2, 0.25) is 0 Å². The van der Waals surface area contributed by atoms with E-state index in [0.717, 1.165) is 19.3 Å². The zero-order valence-electron chi connectivity index (χ0n) is 14.8. The predicted molar refractivity (Wildman–Crippen MR) is 103 cm³/mol. The number of H-pyrrole nitrogens is 1. The lowest BCUT2D eigenvalue weighted by Crippen LogP contribution is -2.40. The van der Waals surface area contributed by atoms with Crippen molar-refractivity contribution in [3.05, 3.63) is 43.2 Å². The number of anilines is 2. The highest BCUT2D eigenvalue weighted by atomic mass is 32.1. The Morgan fingerprint density at radius 2 is 2.16 bits per heavy atom. The Hall–Kier alpha value is -2.06. The number of nitrogens with zero attached hydrogens (tertiary/aromatic N) is 2. The van der Waals surface area contributed by atoms with Gasteiger partial charge in [0.25, 0.3) is 5.56 Å². The predicted octanol–water partition coefficient (Wildman–Crippen LogP) is 1.68. The SMILES string of the molecule is CCCCn1c(N)c(N(CCOC)CCc2cccs2)c(=O)[nH]c1=O. The highest BCUT2D eigenvalue weighted by Gasteiger charge is 2.18. The molecule has 0 aliphatic carbocycles. The molecule has 0 saturated carbocycles. The van der Waals surface area contributed by atoms with Gasteiger partial charge in [0, 0.05) is 31.6 Å². The summed E-state index contributed by atoms with van der Waals surface area (Å²) < 4.78 is 6.62. The quantitative estimate of drug-likeness (QED) is 0.667. The number of rotatable bonds is 10. The fraction of sp³-hybridized carbons (Fsp3) is 0.529. The molecule has 138 valence electrons. The van der Waals surface area contributed by atoms with Gasteiger partial charge < -0.3 is 15.4 Å². The molecule has 2 rings (SSSR count). The van der Waals surface area contributed by atoms with Crippen LogP contribution in [0.1, 0.15) is 24.6 Å². The molecule has 2 heterocycles. The van der Waals surface area contributed by atoms with Crippen LogP contribution >= 0.6 is 11.3 Å². The van der Waals surface area contributed by atoms with Crippen molar-refractivity contribution in [3.63, 3.8) is 0 Å². The van der Waals surface area contributed by atoms with Crippen molar-refractivity contribution < 1.29 is 4.74 Å². The van der Waals surface area contributed by atoms with Gasteiger partial charge in [-0.3, -0.25) is 14.3 Å². The van der Waals surface area contributed by atoms with E-state index in [2.05, 4.69) is 11.1 Å². The topological polar surface area (TPSA) is 93.3 Å². The summed E-state index contributed by atoms with van der Waals surface area (Å²) in [5.74, 6) is 0.226. The van der Waals surface area contributed by atoms with Crippen LogP contribution in [0.3, 0.4) is 0 Å². The first-order valence-corrected chi connectivity index (χ1v) is 9.35. The van der Waals surface area contributed by atoms with Gasteiger partial charge in [0.1, 0.15) is 11.5 Å². The molecule has 0 radical (unpaired) electrons. The molecule has 0 unspecified atom stereocenters. The smallest absolute Gasteiger partial charge is 0.330 e. The van der Waals surface area contributed by atoms with Gasteiger partial charge in [0.15, 0.2) is 0 Å². The number of aromatic amines is 1. The molecular formula is C17H26N4O3S. The largest absolute Gasteiger partial charge is 0.383 e. The third-order valence-electron chi connectivity index (χ3n) is 4.04. The lowest BCUT2D eigenvalue weighted by Gasteiger charge is -2.25. The molecule has 8 heteroatoms. The Labute approximate surface area is 151 Å². The van der Waals surface area contributed by atoms with Crippen LogP contribution in [0, 0.1) is 0 Å². The molecule has 0 aliphatic heterocycles. The molecule has 0 aliphatic rings. The highest BCUT2D eigenvalue weighted by Crippen LogP contribution is 2.18. The number of hydrogen-bond acceptors (Lipinski definition) is 6. The molecule has 3 N–H and O–H groups in total. The molecule has 0 amide bonds. The molecule has 0 bridgehead atoms. The zero-order valence-corrected chi connectivity index (χ0v) is 15.6. The zero-order chi connectivity index (χ0) is 18.2. The second-order valence-corrected chi connectivity index (χ2v) is 6.84. The van der Waals surface area contributed by atoms with E-state index >= 15 is 0 Å². The van der Waals surface area contributed by atoms with E-state index < -0.39 is 11.2 Å². The molecular weight excluding hydrogens is 340 g/mol. The fourth-order valence-corrected chi connectivity index (χ4v) is 3.36. The van der Waals surface area contributed by atoms with E-state index in [1.54, 1.807) is 18.4 Å². The van der Waals surface area contributed by atoms with Crippen LogP contribution in [0.4, 0.5) is 11.5 Å². The molecule has 0 aromatic carbocycles. The third kappa shape index (κ3) is 4.96. The monoisotopic (exact) mass is 366 g/mol. The Morgan fingerprint density at radius 1 is 1.36 bits per heavy atom. The molecule has 25 heavy (non-hydrogen) atoms. The lowest BCUT2D eigenvalue weighted by molar-refractivity contribution is 0.205. The van der Waals surface area contributed by atoms with Gasteiger partial charge in [-0.1, -0.05) is 19.4 Å². The molecule has 7 nitrogen and oxygen atoms in total. The van der Waals surface area contributed by atoms with Crippen LogP contribution in [0.25, 0.3) is 0 Å². The van der Waals surface area contributed by atoms with Gasteiger partial charge in [-0.05, 0) is 24.3 Å². The van der Waals surface area contributed by atoms with Crippen LogP contribution in [-0.4, -0.2) is 36.4 Å². The number of ether oxygens (including phenoxy) is 1. The van der Waals surface area contributed by atoms with Crippen molar-refractivity contribution >= 4 is 22.8 Å². The van der Waals surface area contributed by atoms with Gasteiger partial charge in [0.05, 0.1) is 6.61 Å². The minimum Gasteiger partial charge on any atom is -0.383 e. The van der Waals surface area contributed by atoms with E-state index in [-0.39, 0.29) is 5.82 Å². The number of aromatic nitrogens is 2. The Morgan fingerprint density at radius 3 is 2.80 bits per heavy atom. The summed E-state index contributed by atoms with van der Waals surface area (Å²) in [4.78, 5) is 30.0. The Balaban J connectivity index is 2.33. The maximum atomic E-state index is 12.4. The number of nitrogens with two attached hydrogens (primary N) is 1. The molecule has 0 fully saturated rings. The number of thiophene rings is 1. The average Bonchev–Trinajstić information content (AvgIpc) is 3.09. The van der Waals surface area contributed by atoms with Crippen LogP contribution in [-0.2, 0) is 17.7 Å². The van der Waals surface area contributed by atoms with Crippen molar-refractivity contribution in [2.24, 2.45) is 0 Å². The van der Waals surface area contributed by atoms with Crippen LogP contribution < -0.4 is 21.9 Å². The highest BCUT2D eigenvalue weighted by molar-refractivity contribution is 7.09. The lowest BCUT2D eigenvalue weighted by atomic mass is 10.2. The summed E-state index contributed by atoms with van der Waals surface area (Å²) in [6.45, 7) is 4.16. The van der Waals surface area contributed by atoms with E-state index in [9.17, 15) is 9.59 Å².